The van der Waals surface area contributed by atoms with Gasteiger partial charge in [-0.25, -0.2) is 4.79 Å². The second-order valence-electron chi connectivity index (χ2n) is 8.47. The molecule has 1 N–H and O–H groups in total. The number of benzene rings is 1. The van der Waals surface area contributed by atoms with Crippen LogP contribution in [0.25, 0.3) is 0 Å². The van der Waals surface area contributed by atoms with Crippen LogP contribution >= 0.6 is 0 Å². The van der Waals surface area contributed by atoms with Crippen LogP contribution in [0.15, 0.2) is 24.3 Å². The van der Waals surface area contributed by atoms with E-state index in [1.807, 2.05) is 32.9 Å². The molecule has 0 unspecified atom stereocenters. The number of likely N-dealkylation sites (tertiary alicyclic amines) is 1. The van der Waals surface area contributed by atoms with Gasteiger partial charge in [-0.3, -0.25) is 14.5 Å². The van der Waals surface area contributed by atoms with Gasteiger partial charge in [0.2, 0.25) is 5.91 Å². The minimum absolute atomic E-state index is 0.221. The van der Waals surface area contributed by atoms with E-state index >= 15 is 0 Å². The Kier molecular flexibility index (Phi) is 7.27. The van der Waals surface area contributed by atoms with E-state index in [1.54, 1.807) is 26.0 Å². The highest BCUT2D eigenvalue weighted by molar-refractivity contribution is 6.00. The smallest absolute Gasteiger partial charge is 0.411 e. The SMILES string of the molecule is CCOC(=O)CCc1ccc(NC(=O)[C@@]2(C)CCCN2C(=O)OC(C)(C)C)cc1. The number of anilines is 1. The van der Waals surface area contributed by atoms with Gasteiger partial charge < -0.3 is 14.8 Å². The first-order valence-corrected chi connectivity index (χ1v) is 10.1. The summed E-state index contributed by atoms with van der Waals surface area (Å²) in [6, 6.07) is 7.35. The average Bonchev–Trinajstić information content (AvgIpc) is 3.03. The number of aryl methyl sites for hydroxylation is 1. The van der Waals surface area contributed by atoms with E-state index < -0.39 is 17.2 Å². The zero-order valence-electron chi connectivity index (χ0n) is 18.0. The van der Waals surface area contributed by atoms with Gasteiger partial charge in [-0.05, 0) is 71.6 Å². The number of carbonyl (C=O) groups is 3. The molecule has 2 amide bonds. The topological polar surface area (TPSA) is 84.9 Å². The molecule has 1 aromatic rings. The van der Waals surface area contributed by atoms with E-state index in [9.17, 15) is 14.4 Å². The minimum atomic E-state index is -0.953. The van der Waals surface area contributed by atoms with Gasteiger partial charge in [0.05, 0.1) is 6.61 Å². The molecule has 160 valence electrons. The summed E-state index contributed by atoms with van der Waals surface area (Å²) in [5, 5.41) is 2.90. The van der Waals surface area contributed by atoms with Crippen LogP contribution < -0.4 is 5.32 Å². The third-order valence-corrected chi connectivity index (χ3v) is 4.88. The average molecular weight is 405 g/mol. The number of esters is 1. The number of hydrogen-bond acceptors (Lipinski definition) is 5. The Labute approximate surface area is 172 Å². The predicted molar refractivity (Wildman–Crippen MR) is 111 cm³/mol. The van der Waals surface area contributed by atoms with Gasteiger partial charge in [-0.2, -0.15) is 0 Å². The second-order valence-corrected chi connectivity index (χ2v) is 8.47. The molecule has 0 bridgehead atoms. The van der Waals surface area contributed by atoms with Crippen LogP contribution in [0.2, 0.25) is 0 Å². The number of amides is 2. The van der Waals surface area contributed by atoms with Gasteiger partial charge >= 0.3 is 12.1 Å². The molecule has 0 saturated carbocycles. The van der Waals surface area contributed by atoms with Gasteiger partial charge in [-0.15, -0.1) is 0 Å². The van der Waals surface area contributed by atoms with E-state index in [1.165, 1.54) is 4.90 Å². The molecule has 1 aromatic carbocycles. The van der Waals surface area contributed by atoms with Gasteiger partial charge in [0.1, 0.15) is 11.1 Å². The molecule has 1 saturated heterocycles. The van der Waals surface area contributed by atoms with Crippen LogP contribution in [0.4, 0.5) is 10.5 Å². The Morgan fingerprint density at radius 2 is 1.83 bits per heavy atom. The number of rotatable bonds is 6. The molecule has 0 radical (unpaired) electrons. The van der Waals surface area contributed by atoms with Crippen molar-refractivity contribution < 1.29 is 23.9 Å². The normalized spacial score (nSPS) is 19.0. The number of ether oxygens (including phenoxy) is 2. The van der Waals surface area contributed by atoms with Crippen molar-refractivity contribution in [3.05, 3.63) is 29.8 Å². The molecule has 1 aliphatic heterocycles. The van der Waals surface area contributed by atoms with E-state index in [0.717, 1.165) is 12.0 Å². The summed E-state index contributed by atoms with van der Waals surface area (Å²) in [5.74, 6) is -0.457. The number of hydrogen-bond donors (Lipinski definition) is 1. The lowest BCUT2D eigenvalue weighted by Gasteiger charge is -2.35. The highest BCUT2D eigenvalue weighted by atomic mass is 16.6. The van der Waals surface area contributed by atoms with Crippen molar-refractivity contribution >= 4 is 23.7 Å². The Hall–Kier alpha value is -2.57. The lowest BCUT2D eigenvalue weighted by Crippen LogP contribution is -2.54. The summed E-state index contributed by atoms with van der Waals surface area (Å²) in [4.78, 5) is 38.5. The molecule has 7 heteroatoms. The third-order valence-electron chi connectivity index (χ3n) is 4.88. The zero-order chi connectivity index (χ0) is 21.7. The summed E-state index contributed by atoms with van der Waals surface area (Å²) in [7, 11) is 0. The van der Waals surface area contributed by atoms with Gasteiger partial charge in [0.15, 0.2) is 0 Å². The summed E-state index contributed by atoms with van der Waals surface area (Å²) in [5.41, 5.74) is 0.0621. The van der Waals surface area contributed by atoms with Crippen molar-refractivity contribution in [1.29, 1.82) is 0 Å². The fourth-order valence-electron chi connectivity index (χ4n) is 3.31. The molecule has 2 rings (SSSR count). The molecule has 1 heterocycles. The predicted octanol–water partition coefficient (Wildman–Crippen LogP) is 3.91. The fraction of sp³-hybridized carbons (Fsp3) is 0.591. The summed E-state index contributed by atoms with van der Waals surface area (Å²) >= 11 is 0. The Balaban J connectivity index is 1.99. The van der Waals surface area contributed by atoms with Crippen LogP contribution in [0.5, 0.6) is 0 Å². The molecule has 0 spiro atoms. The van der Waals surface area contributed by atoms with Crippen LogP contribution in [0.1, 0.15) is 59.4 Å². The van der Waals surface area contributed by atoms with Crippen molar-refractivity contribution in [3.8, 4) is 0 Å². The number of nitrogens with one attached hydrogen (secondary N) is 1. The standard InChI is InChI=1S/C22H32N2O5/c1-6-28-18(25)13-10-16-8-11-17(12-9-16)23-19(26)22(5)14-7-15-24(22)20(27)29-21(2,3)4/h8-9,11-12H,6-7,10,13-15H2,1-5H3,(H,23,26)/t22-/m1/s1. The highest BCUT2D eigenvalue weighted by Crippen LogP contribution is 2.32. The van der Waals surface area contributed by atoms with Gasteiger partial charge in [0.25, 0.3) is 0 Å². The summed E-state index contributed by atoms with van der Waals surface area (Å²) < 4.78 is 10.4. The largest absolute Gasteiger partial charge is 0.466 e. The van der Waals surface area contributed by atoms with Gasteiger partial charge in [-0.1, -0.05) is 12.1 Å². The van der Waals surface area contributed by atoms with E-state index in [0.29, 0.717) is 38.1 Å². The third kappa shape index (κ3) is 6.21. The molecule has 0 aliphatic carbocycles. The zero-order valence-corrected chi connectivity index (χ0v) is 18.0. The van der Waals surface area contributed by atoms with Crippen molar-refractivity contribution in [2.75, 3.05) is 18.5 Å². The minimum Gasteiger partial charge on any atom is -0.466 e. The van der Waals surface area contributed by atoms with Crippen LogP contribution in [-0.2, 0) is 25.5 Å². The number of carbonyl (C=O) groups excluding carboxylic acids is 3. The van der Waals surface area contributed by atoms with E-state index in [2.05, 4.69) is 5.32 Å². The van der Waals surface area contributed by atoms with Crippen LogP contribution in [0.3, 0.4) is 0 Å². The first-order valence-electron chi connectivity index (χ1n) is 10.1. The van der Waals surface area contributed by atoms with Crippen molar-refractivity contribution in [1.82, 2.24) is 4.90 Å². The lowest BCUT2D eigenvalue weighted by atomic mass is 9.97. The summed E-state index contributed by atoms with van der Waals surface area (Å²) in [6.07, 6.45) is 1.76. The molecule has 0 aromatic heterocycles. The molecule has 1 atom stereocenters. The molecule has 1 aliphatic rings. The Bertz CT molecular complexity index is 739. The first-order chi connectivity index (χ1) is 13.5. The van der Waals surface area contributed by atoms with E-state index in [4.69, 9.17) is 9.47 Å². The van der Waals surface area contributed by atoms with Crippen molar-refractivity contribution in [2.45, 2.75) is 71.4 Å². The number of nitrogens with zero attached hydrogens (tertiary/aromatic N) is 1. The maximum atomic E-state index is 13.0. The Morgan fingerprint density at radius 1 is 1.17 bits per heavy atom. The van der Waals surface area contributed by atoms with E-state index in [-0.39, 0.29) is 11.9 Å². The lowest BCUT2D eigenvalue weighted by molar-refractivity contribution is -0.143. The van der Waals surface area contributed by atoms with Gasteiger partial charge in [0, 0.05) is 18.7 Å². The molecule has 7 nitrogen and oxygen atoms in total. The fourth-order valence-corrected chi connectivity index (χ4v) is 3.31. The molecular weight excluding hydrogens is 372 g/mol. The second kappa shape index (κ2) is 9.29. The van der Waals surface area contributed by atoms with Crippen molar-refractivity contribution in [2.24, 2.45) is 0 Å². The molecular formula is C22H32N2O5. The van der Waals surface area contributed by atoms with Crippen LogP contribution in [0, 0.1) is 0 Å². The first kappa shape index (κ1) is 22.7. The van der Waals surface area contributed by atoms with Crippen LogP contribution in [-0.4, -0.2) is 47.2 Å². The Morgan fingerprint density at radius 3 is 2.41 bits per heavy atom. The maximum absolute atomic E-state index is 13.0. The summed E-state index contributed by atoms with van der Waals surface area (Å²) in [6.45, 7) is 9.84. The quantitative estimate of drug-likeness (QED) is 0.727. The maximum Gasteiger partial charge on any atom is 0.411 e. The molecule has 29 heavy (non-hydrogen) atoms. The monoisotopic (exact) mass is 404 g/mol. The van der Waals surface area contributed by atoms with Crippen molar-refractivity contribution in [3.63, 3.8) is 0 Å². The molecule has 1 fully saturated rings. The highest BCUT2D eigenvalue weighted by Gasteiger charge is 2.47.